The monoisotopic (exact) mass is 320 g/mol. The molecule has 0 saturated carbocycles. The number of hydrogen-bond acceptors (Lipinski definition) is 3. The number of carbonyl (C=O) groups is 1. The van der Waals surface area contributed by atoms with Gasteiger partial charge < -0.3 is 19.8 Å². The van der Waals surface area contributed by atoms with Gasteiger partial charge in [0.2, 0.25) is 5.91 Å². The van der Waals surface area contributed by atoms with E-state index in [2.05, 4.69) is 10.3 Å². The maximum Gasteiger partial charge on any atom is 0.248 e. The lowest BCUT2D eigenvalue weighted by atomic mass is 10.1. The average Bonchev–Trinajstić information content (AvgIpc) is 3.10. The van der Waals surface area contributed by atoms with E-state index in [4.69, 9.17) is 9.47 Å². The van der Waals surface area contributed by atoms with Crippen LogP contribution >= 0.6 is 0 Å². The van der Waals surface area contributed by atoms with Crippen molar-refractivity contribution in [3.05, 3.63) is 60.3 Å². The van der Waals surface area contributed by atoms with Crippen LogP contribution in [0.5, 0.6) is 11.5 Å². The van der Waals surface area contributed by atoms with Crippen LogP contribution in [0.1, 0.15) is 5.56 Å². The first-order valence-electron chi connectivity index (χ1n) is 7.74. The van der Waals surface area contributed by atoms with E-state index in [0.717, 1.165) is 27.9 Å². The zero-order valence-corrected chi connectivity index (χ0v) is 12.9. The Labute approximate surface area is 138 Å². The smallest absolute Gasteiger partial charge is 0.248 e. The van der Waals surface area contributed by atoms with Crippen LogP contribution in [0, 0.1) is 0 Å². The largest absolute Gasteiger partial charge is 0.486 e. The second-order valence-corrected chi connectivity index (χ2v) is 5.47. The summed E-state index contributed by atoms with van der Waals surface area (Å²) in [5, 5.41) is 3.89. The predicted molar refractivity (Wildman–Crippen MR) is 93.4 cm³/mol. The molecule has 24 heavy (non-hydrogen) atoms. The van der Waals surface area contributed by atoms with Crippen LogP contribution in [0.25, 0.3) is 17.0 Å². The van der Waals surface area contributed by atoms with Gasteiger partial charge in [0, 0.05) is 23.2 Å². The Kier molecular flexibility index (Phi) is 3.67. The molecule has 2 heterocycles. The van der Waals surface area contributed by atoms with E-state index in [0.29, 0.717) is 19.0 Å². The number of ether oxygens (including phenoxy) is 2. The molecule has 0 atom stereocenters. The van der Waals surface area contributed by atoms with Crippen molar-refractivity contribution < 1.29 is 14.3 Å². The highest BCUT2D eigenvalue weighted by atomic mass is 16.6. The highest BCUT2D eigenvalue weighted by molar-refractivity contribution is 6.07. The third kappa shape index (κ3) is 2.84. The number of carbonyl (C=O) groups excluding carboxylic acids is 1. The molecular formula is C19H16N2O3. The van der Waals surface area contributed by atoms with Gasteiger partial charge in [-0.15, -0.1) is 0 Å². The minimum atomic E-state index is -0.182. The van der Waals surface area contributed by atoms with E-state index in [9.17, 15) is 4.79 Å². The lowest BCUT2D eigenvalue weighted by Gasteiger charge is -2.18. The van der Waals surface area contributed by atoms with Gasteiger partial charge in [-0.25, -0.2) is 0 Å². The van der Waals surface area contributed by atoms with Crippen molar-refractivity contribution >= 4 is 28.6 Å². The number of rotatable bonds is 3. The molecular weight excluding hydrogens is 304 g/mol. The summed E-state index contributed by atoms with van der Waals surface area (Å²) >= 11 is 0. The minimum Gasteiger partial charge on any atom is -0.486 e. The molecule has 2 N–H and O–H groups in total. The fourth-order valence-corrected chi connectivity index (χ4v) is 2.70. The van der Waals surface area contributed by atoms with Crippen LogP contribution in [-0.4, -0.2) is 24.1 Å². The van der Waals surface area contributed by atoms with Crippen LogP contribution < -0.4 is 14.8 Å². The topological polar surface area (TPSA) is 63.4 Å². The Morgan fingerprint density at radius 3 is 2.88 bits per heavy atom. The average molecular weight is 320 g/mol. The first-order chi connectivity index (χ1) is 11.8. The molecule has 1 aliphatic rings. The first-order valence-corrected chi connectivity index (χ1v) is 7.74. The Balaban J connectivity index is 1.49. The van der Waals surface area contributed by atoms with Crippen LogP contribution in [0.3, 0.4) is 0 Å². The number of aromatic nitrogens is 1. The van der Waals surface area contributed by atoms with Gasteiger partial charge in [0.05, 0.1) is 5.69 Å². The van der Waals surface area contributed by atoms with Crippen LogP contribution in [0.15, 0.2) is 54.7 Å². The van der Waals surface area contributed by atoms with Crippen molar-refractivity contribution in [2.24, 2.45) is 0 Å². The summed E-state index contributed by atoms with van der Waals surface area (Å²) in [6, 6.07) is 13.3. The summed E-state index contributed by atoms with van der Waals surface area (Å²) in [4.78, 5) is 15.3. The van der Waals surface area contributed by atoms with Gasteiger partial charge in [-0.05, 0) is 42.0 Å². The lowest BCUT2D eigenvalue weighted by molar-refractivity contribution is -0.111. The van der Waals surface area contributed by atoms with Crippen molar-refractivity contribution in [1.29, 1.82) is 0 Å². The Morgan fingerprint density at radius 2 is 1.96 bits per heavy atom. The van der Waals surface area contributed by atoms with E-state index in [-0.39, 0.29) is 5.91 Å². The van der Waals surface area contributed by atoms with Crippen molar-refractivity contribution in [2.75, 3.05) is 18.5 Å². The zero-order chi connectivity index (χ0) is 16.4. The maximum absolute atomic E-state index is 12.2. The van der Waals surface area contributed by atoms with Gasteiger partial charge in [0.1, 0.15) is 13.2 Å². The number of aromatic amines is 1. The Bertz CT molecular complexity index is 927. The standard InChI is InChI=1S/C19H16N2O3/c22-19(21-16-3-1-2-15-14(16)8-9-20-15)7-5-13-4-6-17-18(12-13)24-11-10-23-17/h1-9,12,20H,10-11H2,(H,21,22)/b7-5+. The van der Waals surface area contributed by atoms with Gasteiger partial charge in [-0.3, -0.25) is 4.79 Å². The van der Waals surface area contributed by atoms with E-state index in [1.807, 2.05) is 48.7 Å². The molecule has 1 aromatic heterocycles. The quantitative estimate of drug-likeness (QED) is 0.725. The van der Waals surface area contributed by atoms with Crippen LogP contribution in [0.4, 0.5) is 5.69 Å². The molecule has 0 bridgehead atoms. The minimum absolute atomic E-state index is 0.182. The number of benzene rings is 2. The van der Waals surface area contributed by atoms with Crippen molar-refractivity contribution in [3.63, 3.8) is 0 Å². The van der Waals surface area contributed by atoms with E-state index >= 15 is 0 Å². The summed E-state index contributed by atoms with van der Waals surface area (Å²) in [7, 11) is 0. The molecule has 0 spiro atoms. The Hall–Kier alpha value is -3.21. The van der Waals surface area contributed by atoms with Crippen molar-refractivity contribution in [1.82, 2.24) is 4.98 Å². The highest BCUT2D eigenvalue weighted by Crippen LogP contribution is 2.31. The number of amides is 1. The molecule has 1 aliphatic heterocycles. The second kappa shape index (κ2) is 6.12. The molecule has 0 saturated heterocycles. The molecule has 3 aromatic rings. The first kappa shape index (κ1) is 14.4. The summed E-state index contributed by atoms with van der Waals surface area (Å²) in [6.07, 6.45) is 5.12. The number of hydrogen-bond donors (Lipinski definition) is 2. The number of fused-ring (bicyclic) bond motifs is 2. The summed E-state index contributed by atoms with van der Waals surface area (Å²) < 4.78 is 11.0. The third-order valence-electron chi connectivity index (χ3n) is 3.85. The SMILES string of the molecule is O=C(/C=C/c1ccc2c(c1)OCCO2)Nc1cccc2[nH]ccc12. The molecule has 120 valence electrons. The molecule has 0 unspecified atom stereocenters. The molecule has 0 radical (unpaired) electrons. The van der Waals surface area contributed by atoms with Gasteiger partial charge >= 0.3 is 0 Å². The fourth-order valence-electron chi connectivity index (χ4n) is 2.70. The van der Waals surface area contributed by atoms with E-state index in [1.165, 1.54) is 6.08 Å². The number of nitrogens with one attached hydrogen (secondary N) is 2. The Morgan fingerprint density at radius 1 is 1.08 bits per heavy atom. The van der Waals surface area contributed by atoms with Crippen molar-refractivity contribution in [3.8, 4) is 11.5 Å². The molecule has 1 amide bonds. The summed E-state index contributed by atoms with van der Waals surface area (Å²) in [6.45, 7) is 1.11. The number of H-pyrrole nitrogens is 1. The van der Waals surface area contributed by atoms with E-state index < -0.39 is 0 Å². The normalized spacial score (nSPS) is 13.3. The summed E-state index contributed by atoms with van der Waals surface area (Å²) in [5.74, 6) is 1.27. The van der Waals surface area contributed by atoms with Gasteiger partial charge in [-0.1, -0.05) is 12.1 Å². The van der Waals surface area contributed by atoms with Gasteiger partial charge in [0.15, 0.2) is 11.5 Å². The highest BCUT2D eigenvalue weighted by Gasteiger charge is 2.11. The molecule has 0 aliphatic carbocycles. The second-order valence-electron chi connectivity index (χ2n) is 5.47. The fraction of sp³-hybridized carbons (Fsp3) is 0.105. The zero-order valence-electron chi connectivity index (χ0n) is 12.9. The maximum atomic E-state index is 12.2. The predicted octanol–water partition coefficient (Wildman–Crippen LogP) is 3.59. The van der Waals surface area contributed by atoms with Gasteiger partial charge in [-0.2, -0.15) is 0 Å². The summed E-state index contributed by atoms with van der Waals surface area (Å²) in [5.41, 5.74) is 2.66. The molecule has 5 heteroatoms. The molecule has 0 fully saturated rings. The molecule has 4 rings (SSSR count). The van der Waals surface area contributed by atoms with Crippen LogP contribution in [0.2, 0.25) is 0 Å². The number of anilines is 1. The third-order valence-corrected chi connectivity index (χ3v) is 3.85. The molecule has 2 aromatic carbocycles. The van der Waals surface area contributed by atoms with Gasteiger partial charge in [0.25, 0.3) is 0 Å². The molecule has 5 nitrogen and oxygen atoms in total. The lowest BCUT2D eigenvalue weighted by Crippen LogP contribution is -2.15. The van der Waals surface area contributed by atoms with Crippen LogP contribution in [-0.2, 0) is 4.79 Å². The van der Waals surface area contributed by atoms with Crippen molar-refractivity contribution in [2.45, 2.75) is 0 Å². The van der Waals surface area contributed by atoms with E-state index in [1.54, 1.807) is 6.08 Å².